The van der Waals surface area contributed by atoms with Crippen LogP contribution in [-0.4, -0.2) is 11.1 Å². The zero-order chi connectivity index (χ0) is 16.6. The first-order chi connectivity index (χ1) is 10.6. The summed E-state index contributed by atoms with van der Waals surface area (Å²) in [4.78, 5) is 10.2. The minimum absolute atomic E-state index is 0.343. The predicted molar refractivity (Wildman–Crippen MR) is 95.1 cm³/mol. The van der Waals surface area contributed by atoms with Crippen LogP contribution in [0.5, 0.6) is 0 Å². The van der Waals surface area contributed by atoms with E-state index in [1.54, 1.807) is 0 Å². The summed E-state index contributed by atoms with van der Waals surface area (Å²) in [7, 11) is 0. The van der Waals surface area contributed by atoms with Crippen LogP contribution in [0.25, 0.3) is 0 Å². The van der Waals surface area contributed by atoms with E-state index >= 15 is 0 Å². The van der Waals surface area contributed by atoms with Crippen LogP contribution in [0.1, 0.15) is 76.7 Å². The molecule has 0 aliphatic heterocycles. The van der Waals surface area contributed by atoms with Gasteiger partial charge in [-0.25, -0.2) is 0 Å². The molecule has 0 amide bonds. The molecule has 0 atom stereocenters. The van der Waals surface area contributed by atoms with E-state index in [4.69, 9.17) is 10.8 Å². The molecule has 3 nitrogen and oxygen atoms in total. The number of unbranched alkanes of at least 4 members (excludes halogenated alkanes) is 8. The van der Waals surface area contributed by atoms with Crippen molar-refractivity contribution in [1.29, 1.82) is 0 Å². The van der Waals surface area contributed by atoms with Gasteiger partial charge in [-0.3, -0.25) is 4.79 Å². The van der Waals surface area contributed by atoms with Gasteiger partial charge in [0.1, 0.15) is 0 Å². The Balaban J connectivity index is 0.000000461. The van der Waals surface area contributed by atoms with Gasteiger partial charge in [-0.05, 0) is 25.5 Å². The lowest BCUT2D eigenvalue weighted by atomic mass is 10.1. The number of carbonyl (C=O) groups is 1. The Morgan fingerprint density at radius 3 is 1.77 bits per heavy atom. The minimum atomic E-state index is -0.659. The van der Waals surface area contributed by atoms with E-state index in [9.17, 15) is 4.79 Å². The van der Waals surface area contributed by atoms with Gasteiger partial charge in [-0.1, -0.05) is 76.0 Å². The maximum Gasteiger partial charge on any atom is 0.303 e. The topological polar surface area (TPSA) is 63.3 Å². The Kier molecular flexibility index (Phi) is 13.4. The molecule has 0 radical (unpaired) electrons. The zero-order valence-corrected chi connectivity index (χ0v) is 14.3. The highest BCUT2D eigenvalue weighted by atomic mass is 16.4. The molecule has 22 heavy (non-hydrogen) atoms. The van der Waals surface area contributed by atoms with Crippen LogP contribution in [0.15, 0.2) is 24.3 Å². The van der Waals surface area contributed by atoms with Crippen molar-refractivity contribution >= 4 is 11.7 Å². The number of benzene rings is 1. The number of hydrogen-bond donors (Lipinski definition) is 2. The quantitative estimate of drug-likeness (QED) is 0.439. The van der Waals surface area contributed by atoms with Crippen LogP contribution in [-0.2, 0) is 4.79 Å². The summed E-state index contributed by atoms with van der Waals surface area (Å²) in [6.07, 6.45) is 11.5. The molecule has 3 N–H and O–H groups in total. The molecular formula is C19H33NO2. The van der Waals surface area contributed by atoms with Crippen molar-refractivity contribution in [3.63, 3.8) is 0 Å². The van der Waals surface area contributed by atoms with E-state index < -0.39 is 5.97 Å². The minimum Gasteiger partial charge on any atom is -0.481 e. The third-order valence-electron chi connectivity index (χ3n) is 3.57. The molecule has 1 rings (SSSR count). The fraction of sp³-hybridized carbons (Fsp3) is 0.632. The molecule has 0 aliphatic carbocycles. The molecule has 0 aromatic heterocycles. The molecule has 0 saturated carbocycles. The lowest BCUT2D eigenvalue weighted by Gasteiger charge is -2.00. The molecule has 0 fully saturated rings. The fourth-order valence-corrected chi connectivity index (χ4v) is 2.15. The Bertz CT molecular complexity index is 353. The average Bonchev–Trinajstić information content (AvgIpc) is 2.49. The highest BCUT2D eigenvalue weighted by Crippen LogP contribution is 2.10. The van der Waals surface area contributed by atoms with E-state index in [2.05, 4.69) is 6.92 Å². The van der Waals surface area contributed by atoms with Gasteiger partial charge < -0.3 is 10.8 Å². The third kappa shape index (κ3) is 14.9. The van der Waals surface area contributed by atoms with Gasteiger partial charge in [0.15, 0.2) is 0 Å². The molecule has 1 aromatic rings. The van der Waals surface area contributed by atoms with E-state index in [1.165, 1.54) is 50.5 Å². The highest BCUT2D eigenvalue weighted by Gasteiger charge is 1.96. The fourth-order valence-electron chi connectivity index (χ4n) is 2.15. The summed E-state index contributed by atoms with van der Waals surface area (Å²) >= 11 is 0. The number of aryl methyl sites for hydroxylation is 1. The Morgan fingerprint density at radius 1 is 0.909 bits per heavy atom. The average molecular weight is 307 g/mol. The lowest BCUT2D eigenvalue weighted by Crippen LogP contribution is -1.93. The van der Waals surface area contributed by atoms with Gasteiger partial charge >= 0.3 is 5.97 Å². The summed E-state index contributed by atoms with van der Waals surface area (Å²) in [6, 6.07) is 7.79. The van der Waals surface area contributed by atoms with E-state index in [-0.39, 0.29) is 0 Å². The van der Waals surface area contributed by atoms with Crippen LogP contribution >= 0.6 is 0 Å². The second-order valence-corrected chi connectivity index (χ2v) is 5.88. The smallest absolute Gasteiger partial charge is 0.303 e. The van der Waals surface area contributed by atoms with Gasteiger partial charge in [-0.15, -0.1) is 0 Å². The number of nitrogens with two attached hydrogens (primary N) is 1. The van der Waals surface area contributed by atoms with Gasteiger partial charge in [0, 0.05) is 12.1 Å². The van der Waals surface area contributed by atoms with Crippen LogP contribution in [0.2, 0.25) is 0 Å². The Morgan fingerprint density at radius 2 is 1.36 bits per heavy atom. The third-order valence-corrected chi connectivity index (χ3v) is 3.57. The molecule has 3 heteroatoms. The number of nitrogen functional groups attached to an aromatic ring is 1. The van der Waals surface area contributed by atoms with E-state index in [1.807, 2.05) is 31.2 Å². The molecule has 0 bridgehead atoms. The van der Waals surface area contributed by atoms with E-state index in [0.29, 0.717) is 6.42 Å². The Hall–Kier alpha value is -1.51. The van der Waals surface area contributed by atoms with Crippen LogP contribution in [0, 0.1) is 6.92 Å². The van der Waals surface area contributed by atoms with Crippen LogP contribution in [0.4, 0.5) is 5.69 Å². The lowest BCUT2D eigenvalue weighted by molar-refractivity contribution is -0.137. The second kappa shape index (κ2) is 14.4. The second-order valence-electron chi connectivity index (χ2n) is 5.88. The molecule has 0 spiro atoms. The first kappa shape index (κ1) is 20.5. The van der Waals surface area contributed by atoms with Crippen molar-refractivity contribution in [2.75, 3.05) is 5.73 Å². The van der Waals surface area contributed by atoms with Crippen LogP contribution in [0.3, 0.4) is 0 Å². The zero-order valence-electron chi connectivity index (χ0n) is 14.3. The van der Waals surface area contributed by atoms with Crippen molar-refractivity contribution < 1.29 is 9.90 Å². The normalized spacial score (nSPS) is 9.91. The van der Waals surface area contributed by atoms with Crippen LogP contribution < -0.4 is 5.73 Å². The molecule has 0 heterocycles. The molecule has 126 valence electrons. The van der Waals surface area contributed by atoms with Gasteiger partial charge in [0.05, 0.1) is 0 Å². The van der Waals surface area contributed by atoms with Crippen molar-refractivity contribution in [2.45, 2.75) is 78.1 Å². The SMILES string of the molecule is CCCCCCCCCCCC(=O)O.Cc1ccc(N)cc1. The largest absolute Gasteiger partial charge is 0.481 e. The van der Waals surface area contributed by atoms with Gasteiger partial charge in [0.25, 0.3) is 0 Å². The predicted octanol–water partition coefficient (Wildman–Crippen LogP) is 5.57. The number of rotatable bonds is 10. The van der Waals surface area contributed by atoms with Crippen molar-refractivity contribution in [3.8, 4) is 0 Å². The van der Waals surface area contributed by atoms with Crippen molar-refractivity contribution in [2.24, 2.45) is 0 Å². The summed E-state index contributed by atoms with van der Waals surface area (Å²) in [5, 5.41) is 8.41. The number of aliphatic carboxylic acids is 1. The molecular weight excluding hydrogens is 274 g/mol. The summed E-state index contributed by atoms with van der Waals surface area (Å²) in [6.45, 7) is 4.27. The molecule has 0 unspecified atom stereocenters. The van der Waals surface area contributed by atoms with Crippen molar-refractivity contribution in [1.82, 2.24) is 0 Å². The first-order valence-electron chi connectivity index (χ1n) is 8.60. The van der Waals surface area contributed by atoms with Crippen molar-refractivity contribution in [3.05, 3.63) is 29.8 Å². The standard InChI is InChI=1S/C12H24O2.C7H9N/c1-2-3-4-5-6-7-8-9-10-11-12(13)14;1-6-2-4-7(8)5-3-6/h2-11H2,1H3,(H,13,14);2-5H,8H2,1H3. The molecule has 0 saturated heterocycles. The van der Waals surface area contributed by atoms with E-state index in [0.717, 1.165) is 18.5 Å². The highest BCUT2D eigenvalue weighted by molar-refractivity contribution is 5.66. The summed E-state index contributed by atoms with van der Waals surface area (Å²) < 4.78 is 0. The molecule has 0 aliphatic rings. The maximum atomic E-state index is 10.2. The summed E-state index contributed by atoms with van der Waals surface area (Å²) in [5.74, 6) is -0.659. The number of anilines is 1. The number of hydrogen-bond acceptors (Lipinski definition) is 2. The maximum absolute atomic E-state index is 10.2. The summed E-state index contributed by atoms with van der Waals surface area (Å²) in [5.41, 5.74) is 7.51. The number of carboxylic acid groups (broad SMARTS) is 1. The molecule has 1 aromatic carbocycles. The monoisotopic (exact) mass is 307 g/mol. The number of carboxylic acids is 1. The van der Waals surface area contributed by atoms with Gasteiger partial charge in [-0.2, -0.15) is 0 Å². The van der Waals surface area contributed by atoms with Gasteiger partial charge in [0.2, 0.25) is 0 Å². The first-order valence-corrected chi connectivity index (χ1v) is 8.60. The Labute approximate surface area is 135 Å².